The number of likely N-dealkylation sites (tertiary alicyclic amines) is 1. The number of hydrogen-bond acceptors (Lipinski definition) is 4. The third-order valence-electron chi connectivity index (χ3n) is 3.92. The molecule has 0 bridgehead atoms. The van der Waals surface area contributed by atoms with Crippen molar-refractivity contribution in [2.75, 3.05) is 13.1 Å². The molecule has 3 rings (SSSR count). The molecule has 3 N–H and O–H groups in total. The number of nitrogens with zero attached hydrogens (tertiary/aromatic N) is 1. The van der Waals surface area contributed by atoms with Gasteiger partial charge in [0.25, 0.3) is 0 Å². The highest BCUT2D eigenvalue weighted by atomic mass is 32.2. The standard InChI is InChI=1S/C14H18N4O4S/c1-9(13(19)18-6-2-3-7-18)17-23(21,22)10-4-5-11-12(8-10)16-14(20)15-11/h4-5,8-9,17H,2-3,6-7H2,1H3,(H2,15,16,20)/t9-/m1/s1. The van der Waals surface area contributed by atoms with E-state index in [9.17, 15) is 18.0 Å². The van der Waals surface area contributed by atoms with E-state index in [0.29, 0.717) is 24.1 Å². The van der Waals surface area contributed by atoms with E-state index in [1.54, 1.807) is 4.90 Å². The van der Waals surface area contributed by atoms with Gasteiger partial charge in [-0.25, -0.2) is 13.2 Å². The smallest absolute Gasteiger partial charge is 0.323 e. The lowest BCUT2D eigenvalue weighted by atomic mass is 10.3. The summed E-state index contributed by atoms with van der Waals surface area (Å²) in [6.45, 7) is 2.87. The largest absolute Gasteiger partial charge is 0.341 e. The topological polar surface area (TPSA) is 115 Å². The Morgan fingerprint density at radius 3 is 2.57 bits per heavy atom. The van der Waals surface area contributed by atoms with Crippen LogP contribution in [0.15, 0.2) is 27.9 Å². The van der Waals surface area contributed by atoms with Crippen LogP contribution in [0.5, 0.6) is 0 Å². The van der Waals surface area contributed by atoms with E-state index in [4.69, 9.17) is 0 Å². The van der Waals surface area contributed by atoms with E-state index >= 15 is 0 Å². The quantitative estimate of drug-likeness (QED) is 0.736. The zero-order valence-electron chi connectivity index (χ0n) is 12.6. The summed E-state index contributed by atoms with van der Waals surface area (Å²) in [7, 11) is -3.85. The summed E-state index contributed by atoms with van der Waals surface area (Å²) in [5.74, 6) is -0.220. The Morgan fingerprint density at radius 1 is 1.22 bits per heavy atom. The first-order chi connectivity index (χ1) is 10.9. The van der Waals surface area contributed by atoms with Crippen molar-refractivity contribution in [3.8, 4) is 0 Å². The van der Waals surface area contributed by atoms with Crippen molar-refractivity contribution in [2.45, 2.75) is 30.7 Å². The minimum absolute atomic E-state index is 0.00122. The fraction of sp³-hybridized carbons (Fsp3) is 0.429. The summed E-state index contributed by atoms with van der Waals surface area (Å²) < 4.78 is 27.3. The average molecular weight is 338 g/mol. The van der Waals surface area contributed by atoms with E-state index in [0.717, 1.165) is 12.8 Å². The molecular weight excluding hydrogens is 320 g/mol. The summed E-state index contributed by atoms with van der Waals surface area (Å²) in [5.41, 5.74) is 0.520. The van der Waals surface area contributed by atoms with Crippen LogP contribution in [-0.4, -0.2) is 48.3 Å². The molecule has 0 unspecified atom stereocenters. The molecule has 2 aromatic rings. The number of fused-ring (bicyclic) bond motifs is 1. The Bertz CT molecular complexity index is 893. The maximum Gasteiger partial charge on any atom is 0.323 e. The lowest BCUT2D eigenvalue weighted by molar-refractivity contribution is -0.131. The van der Waals surface area contributed by atoms with E-state index in [1.165, 1.54) is 25.1 Å². The van der Waals surface area contributed by atoms with E-state index < -0.39 is 21.8 Å². The SMILES string of the molecule is C[C@@H](NS(=O)(=O)c1ccc2[nH]c(=O)[nH]c2c1)C(=O)N1CCCC1. The molecule has 0 aliphatic carbocycles. The van der Waals surface area contributed by atoms with Gasteiger partial charge in [-0.3, -0.25) is 4.79 Å². The zero-order valence-corrected chi connectivity index (χ0v) is 13.4. The van der Waals surface area contributed by atoms with Gasteiger partial charge in [0.2, 0.25) is 15.9 Å². The highest BCUT2D eigenvalue weighted by molar-refractivity contribution is 7.89. The van der Waals surface area contributed by atoms with Gasteiger partial charge in [-0.05, 0) is 38.0 Å². The zero-order chi connectivity index (χ0) is 16.6. The van der Waals surface area contributed by atoms with Crippen LogP contribution in [0.25, 0.3) is 11.0 Å². The molecule has 0 radical (unpaired) electrons. The van der Waals surface area contributed by atoms with Crippen LogP contribution < -0.4 is 10.4 Å². The molecule has 2 heterocycles. The Hall–Kier alpha value is -2.13. The molecule has 0 saturated carbocycles. The van der Waals surface area contributed by atoms with Crippen molar-refractivity contribution in [1.82, 2.24) is 19.6 Å². The molecule has 8 nitrogen and oxygen atoms in total. The molecule has 1 aromatic carbocycles. The number of aromatic nitrogens is 2. The Balaban J connectivity index is 1.81. The lowest BCUT2D eigenvalue weighted by Gasteiger charge is -2.21. The molecule has 1 fully saturated rings. The second kappa shape index (κ2) is 5.82. The first-order valence-corrected chi connectivity index (χ1v) is 8.88. The van der Waals surface area contributed by atoms with Gasteiger partial charge >= 0.3 is 5.69 Å². The van der Waals surface area contributed by atoms with E-state index in [1.807, 2.05) is 0 Å². The Morgan fingerprint density at radius 2 is 1.87 bits per heavy atom. The minimum atomic E-state index is -3.85. The van der Waals surface area contributed by atoms with Gasteiger partial charge in [0, 0.05) is 13.1 Å². The molecule has 1 atom stereocenters. The van der Waals surface area contributed by atoms with Gasteiger partial charge in [-0.2, -0.15) is 4.72 Å². The number of amides is 1. The maximum absolute atomic E-state index is 12.4. The van der Waals surface area contributed by atoms with E-state index in [2.05, 4.69) is 14.7 Å². The van der Waals surface area contributed by atoms with Crippen LogP contribution >= 0.6 is 0 Å². The highest BCUT2D eigenvalue weighted by Crippen LogP contribution is 2.16. The second-order valence-electron chi connectivity index (χ2n) is 5.66. The van der Waals surface area contributed by atoms with Crippen LogP contribution in [0.1, 0.15) is 19.8 Å². The third-order valence-corrected chi connectivity index (χ3v) is 5.46. The number of benzene rings is 1. The number of nitrogens with one attached hydrogen (secondary N) is 3. The number of imidazole rings is 1. The van der Waals surface area contributed by atoms with Crippen LogP contribution in [0, 0.1) is 0 Å². The lowest BCUT2D eigenvalue weighted by Crippen LogP contribution is -2.45. The van der Waals surface area contributed by atoms with Crippen LogP contribution in [0.3, 0.4) is 0 Å². The minimum Gasteiger partial charge on any atom is -0.341 e. The molecule has 1 saturated heterocycles. The monoisotopic (exact) mass is 338 g/mol. The van der Waals surface area contributed by atoms with Crippen LogP contribution in [0.4, 0.5) is 0 Å². The van der Waals surface area contributed by atoms with Crippen molar-refractivity contribution in [3.63, 3.8) is 0 Å². The van der Waals surface area contributed by atoms with Gasteiger partial charge in [0.15, 0.2) is 0 Å². The summed E-state index contributed by atoms with van der Waals surface area (Å²) in [6, 6.07) is 3.43. The molecular formula is C14H18N4O4S. The summed E-state index contributed by atoms with van der Waals surface area (Å²) in [6.07, 6.45) is 1.89. The first-order valence-electron chi connectivity index (χ1n) is 7.40. The number of aromatic amines is 2. The summed E-state index contributed by atoms with van der Waals surface area (Å²) in [4.78, 5) is 30.2. The van der Waals surface area contributed by atoms with Crippen molar-refractivity contribution in [2.24, 2.45) is 0 Å². The van der Waals surface area contributed by atoms with Gasteiger partial charge in [-0.15, -0.1) is 0 Å². The van der Waals surface area contributed by atoms with Gasteiger partial charge in [0.1, 0.15) is 0 Å². The van der Waals surface area contributed by atoms with Crippen molar-refractivity contribution in [3.05, 3.63) is 28.7 Å². The maximum atomic E-state index is 12.4. The number of carbonyl (C=O) groups excluding carboxylic acids is 1. The van der Waals surface area contributed by atoms with Crippen LogP contribution in [0.2, 0.25) is 0 Å². The van der Waals surface area contributed by atoms with Gasteiger partial charge in [-0.1, -0.05) is 0 Å². The normalized spacial score (nSPS) is 16.8. The van der Waals surface area contributed by atoms with Crippen molar-refractivity contribution >= 4 is 27.0 Å². The number of sulfonamides is 1. The predicted molar refractivity (Wildman–Crippen MR) is 84.5 cm³/mol. The third kappa shape index (κ3) is 3.15. The Kier molecular flexibility index (Phi) is 3.99. The predicted octanol–water partition coefficient (Wildman–Crippen LogP) is 0.145. The first kappa shape index (κ1) is 15.8. The van der Waals surface area contributed by atoms with Gasteiger partial charge < -0.3 is 14.9 Å². The molecule has 0 spiro atoms. The molecule has 1 amide bonds. The summed E-state index contributed by atoms with van der Waals surface area (Å²) in [5, 5.41) is 0. The van der Waals surface area contributed by atoms with Crippen molar-refractivity contribution < 1.29 is 13.2 Å². The highest BCUT2D eigenvalue weighted by Gasteiger charge is 2.27. The van der Waals surface area contributed by atoms with E-state index in [-0.39, 0.29) is 10.8 Å². The summed E-state index contributed by atoms with van der Waals surface area (Å²) >= 11 is 0. The molecule has 124 valence electrons. The van der Waals surface area contributed by atoms with Gasteiger partial charge in [0.05, 0.1) is 22.0 Å². The molecule has 1 aliphatic heterocycles. The Labute approximate surface area is 132 Å². The number of hydrogen-bond donors (Lipinski definition) is 3. The number of rotatable bonds is 4. The van der Waals surface area contributed by atoms with Crippen LogP contribution in [-0.2, 0) is 14.8 Å². The molecule has 1 aliphatic rings. The van der Waals surface area contributed by atoms with Crippen molar-refractivity contribution in [1.29, 1.82) is 0 Å². The average Bonchev–Trinajstić information content (AvgIpc) is 3.13. The molecule has 1 aromatic heterocycles. The second-order valence-corrected chi connectivity index (χ2v) is 7.38. The number of H-pyrrole nitrogens is 2. The fourth-order valence-electron chi connectivity index (χ4n) is 2.74. The fourth-order valence-corrected chi connectivity index (χ4v) is 3.96. The number of carbonyl (C=O) groups is 1. The molecule has 9 heteroatoms. The molecule has 23 heavy (non-hydrogen) atoms.